The van der Waals surface area contributed by atoms with Crippen LogP contribution in [0.5, 0.6) is 0 Å². The third-order valence-corrected chi connectivity index (χ3v) is 5.99. The molecule has 1 aliphatic heterocycles. The number of anilines is 1. The predicted octanol–water partition coefficient (Wildman–Crippen LogP) is 2.01. The number of morpholine rings is 1. The second-order valence-corrected chi connectivity index (χ2v) is 7.71. The Bertz CT molecular complexity index is 900. The molecular weight excluding hydrogens is 362 g/mol. The summed E-state index contributed by atoms with van der Waals surface area (Å²) in [6, 6.07) is 9.75. The van der Waals surface area contributed by atoms with Gasteiger partial charge in [-0.15, -0.1) is 0 Å². The zero-order valence-corrected chi connectivity index (χ0v) is 16.3. The van der Waals surface area contributed by atoms with Crippen molar-refractivity contribution < 1.29 is 18.8 Å². The molecule has 1 aliphatic rings. The van der Waals surface area contributed by atoms with Gasteiger partial charge in [-0.05, 0) is 36.2 Å². The van der Waals surface area contributed by atoms with Crippen molar-refractivity contribution >= 4 is 32.6 Å². The van der Waals surface area contributed by atoms with Crippen molar-refractivity contribution in [2.24, 2.45) is 0 Å². The van der Waals surface area contributed by atoms with E-state index in [2.05, 4.69) is 19.1 Å². The number of nitrogens with zero attached hydrogens (tertiary/aromatic N) is 2. The molecular formula is C20H24N3O3S+. The van der Waals surface area contributed by atoms with Crippen LogP contribution in [0.2, 0.25) is 0 Å². The number of amides is 1. The van der Waals surface area contributed by atoms with Crippen molar-refractivity contribution in [2.75, 3.05) is 44.3 Å². The summed E-state index contributed by atoms with van der Waals surface area (Å²) >= 11 is 1.57. The van der Waals surface area contributed by atoms with Crippen LogP contribution in [0.3, 0.4) is 0 Å². The van der Waals surface area contributed by atoms with E-state index < -0.39 is 0 Å². The number of hydrogen-bond donors (Lipinski definition) is 1. The van der Waals surface area contributed by atoms with Crippen molar-refractivity contribution in [2.45, 2.75) is 13.3 Å². The van der Waals surface area contributed by atoms with Crippen LogP contribution in [-0.2, 0) is 11.2 Å². The summed E-state index contributed by atoms with van der Waals surface area (Å²) in [5.41, 5.74) is 2.21. The monoisotopic (exact) mass is 386 g/mol. The van der Waals surface area contributed by atoms with Gasteiger partial charge in [0.05, 0.1) is 42.8 Å². The molecule has 1 amide bonds. The van der Waals surface area contributed by atoms with Crippen LogP contribution >= 0.6 is 11.3 Å². The number of nitrogens with one attached hydrogen (secondary N) is 1. The maximum atomic E-state index is 13.0. The van der Waals surface area contributed by atoms with Crippen LogP contribution in [0.25, 0.3) is 10.2 Å². The summed E-state index contributed by atoms with van der Waals surface area (Å²) in [7, 11) is 0. The Morgan fingerprint density at radius 2 is 2.15 bits per heavy atom. The van der Waals surface area contributed by atoms with Gasteiger partial charge in [-0.2, -0.15) is 0 Å². The predicted molar refractivity (Wildman–Crippen MR) is 106 cm³/mol. The largest absolute Gasteiger partial charge is 0.459 e. The lowest BCUT2D eigenvalue weighted by Crippen LogP contribution is -3.14. The lowest BCUT2D eigenvalue weighted by molar-refractivity contribution is -0.906. The summed E-state index contributed by atoms with van der Waals surface area (Å²) in [6.45, 7) is 7.12. The first kappa shape index (κ1) is 18.2. The summed E-state index contributed by atoms with van der Waals surface area (Å²) in [4.78, 5) is 21.0. The number of ether oxygens (including phenoxy) is 1. The van der Waals surface area contributed by atoms with E-state index in [9.17, 15) is 4.79 Å². The van der Waals surface area contributed by atoms with Crippen molar-refractivity contribution in [1.29, 1.82) is 0 Å². The highest BCUT2D eigenvalue weighted by molar-refractivity contribution is 7.22. The summed E-state index contributed by atoms with van der Waals surface area (Å²) in [5.74, 6) is 0.211. The van der Waals surface area contributed by atoms with Gasteiger partial charge >= 0.3 is 0 Å². The van der Waals surface area contributed by atoms with Crippen LogP contribution in [0, 0.1) is 0 Å². The van der Waals surface area contributed by atoms with Crippen molar-refractivity contribution in [3.05, 3.63) is 47.9 Å². The van der Waals surface area contributed by atoms with Gasteiger partial charge in [-0.3, -0.25) is 9.69 Å². The molecule has 1 N–H and O–H groups in total. The molecule has 1 fully saturated rings. The quantitative estimate of drug-likeness (QED) is 0.704. The third-order valence-electron chi connectivity index (χ3n) is 4.95. The minimum atomic E-state index is -0.137. The maximum absolute atomic E-state index is 13.0. The van der Waals surface area contributed by atoms with Gasteiger partial charge in [0.1, 0.15) is 13.1 Å². The molecule has 27 heavy (non-hydrogen) atoms. The number of quaternary nitrogens is 1. The zero-order chi connectivity index (χ0) is 18.6. The van der Waals surface area contributed by atoms with Crippen LogP contribution in [0.1, 0.15) is 23.0 Å². The Hall–Kier alpha value is -2.22. The van der Waals surface area contributed by atoms with Crippen LogP contribution in [-0.4, -0.2) is 50.3 Å². The van der Waals surface area contributed by atoms with Gasteiger partial charge in [-0.1, -0.05) is 24.3 Å². The van der Waals surface area contributed by atoms with Crippen molar-refractivity contribution in [1.82, 2.24) is 4.98 Å². The molecule has 3 aromatic rings. The molecule has 0 aliphatic carbocycles. The molecule has 4 rings (SSSR count). The average Bonchev–Trinajstić information content (AvgIpc) is 3.38. The summed E-state index contributed by atoms with van der Waals surface area (Å²) < 4.78 is 11.9. The van der Waals surface area contributed by atoms with Gasteiger partial charge in [0.2, 0.25) is 0 Å². The Kier molecular flexibility index (Phi) is 5.52. The van der Waals surface area contributed by atoms with E-state index in [1.165, 1.54) is 16.7 Å². The molecule has 3 heterocycles. The van der Waals surface area contributed by atoms with Crippen LogP contribution < -0.4 is 9.80 Å². The number of aryl methyl sites for hydroxylation is 1. The molecule has 0 spiro atoms. The van der Waals surface area contributed by atoms with Gasteiger partial charge in [-0.25, -0.2) is 4.98 Å². The Morgan fingerprint density at radius 1 is 1.30 bits per heavy atom. The first-order chi connectivity index (χ1) is 13.2. The SMILES string of the molecule is CCc1ccc2nc(N(CC[NH+]3CCOCC3)C(=O)c3ccco3)sc2c1. The maximum Gasteiger partial charge on any atom is 0.295 e. The number of aromatic nitrogens is 1. The van der Waals surface area contributed by atoms with E-state index in [1.54, 1.807) is 28.4 Å². The number of carbonyl (C=O) groups is 1. The highest BCUT2D eigenvalue weighted by Gasteiger charge is 2.25. The molecule has 2 aromatic heterocycles. The molecule has 1 saturated heterocycles. The number of rotatable bonds is 6. The first-order valence-electron chi connectivity index (χ1n) is 9.40. The number of fused-ring (bicyclic) bond motifs is 1. The summed E-state index contributed by atoms with van der Waals surface area (Å²) in [6.07, 6.45) is 2.52. The molecule has 1 aromatic carbocycles. The van der Waals surface area contributed by atoms with E-state index >= 15 is 0 Å². The number of thiazole rings is 1. The second kappa shape index (κ2) is 8.21. The highest BCUT2D eigenvalue weighted by atomic mass is 32.1. The van der Waals surface area contributed by atoms with E-state index in [4.69, 9.17) is 14.1 Å². The van der Waals surface area contributed by atoms with E-state index in [1.807, 2.05) is 6.07 Å². The van der Waals surface area contributed by atoms with Crippen LogP contribution in [0.4, 0.5) is 5.13 Å². The second-order valence-electron chi connectivity index (χ2n) is 6.70. The Morgan fingerprint density at radius 3 is 2.89 bits per heavy atom. The number of carbonyl (C=O) groups excluding carboxylic acids is 1. The topological polar surface area (TPSA) is 60.0 Å². The Labute approximate surface area is 162 Å². The van der Waals surface area contributed by atoms with Crippen molar-refractivity contribution in [3.63, 3.8) is 0 Å². The molecule has 0 atom stereocenters. The minimum absolute atomic E-state index is 0.137. The number of furan rings is 1. The molecule has 0 unspecified atom stereocenters. The molecule has 142 valence electrons. The van der Waals surface area contributed by atoms with E-state index in [-0.39, 0.29) is 5.91 Å². The average molecular weight is 386 g/mol. The number of benzene rings is 1. The molecule has 0 radical (unpaired) electrons. The lowest BCUT2D eigenvalue weighted by Gasteiger charge is -2.26. The Balaban J connectivity index is 1.61. The first-order valence-corrected chi connectivity index (χ1v) is 10.2. The van der Waals surface area contributed by atoms with Gasteiger partial charge in [0.25, 0.3) is 5.91 Å². The lowest BCUT2D eigenvalue weighted by atomic mass is 10.2. The molecule has 0 bridgehead atoms. The minimum Gasteiger partial charge on any atom is -0.459 e. The molecule has 6 nitrogen and oxygen atoms in total. The smallest absolute Gasteiger partial charge is 0.295 e. The fourth-order valence-electron chi connectivity index (χ4n) is 3.29. The fraction of sp³-hybridized carbons (Fsp3) is 0.400. The zero-order valence-electron chi connectivity index (χ0n) is 15.4. The van der Waals surface area contributed by atoms with Crippen LogP contribution in [0.15, 0.2) is 41.0 Å². The summed E-state index contributed by atoms with van der Waals surface area (Å²) in [5, 5.41) is 0.729. The fourth-order valence-corrected chi connectivity index (χ4v) is 4.34. The highest BCUT2D eigenvalue weighted by Crippen LogP contribution is 2.30. The number of hydrogen-bond acceptors (Lipinski definition) is 5. The molecule has 7 heteroatoms. The van der Waals surface area contributed by atoms with E-state index in [0.717, 1.165) is 54.6 Å². The molecule has 0 saturated carbocycles. The van der Waals surface area contributed by atoms with Crippen molar-refractivity contribution in [3.8, 4) is 0 Å². The van der Waals surface area contributed by atoms with Gasteiger partial charge < -0.3 is 14.1 Å². The third kappa shape index (κ3) is 4.05. The standard InChI is InChI=1S/C20H23N3O3S/c1-2-15-5-6-16-18(14-15)27-20(21-16)23(19(24)17-4-3-11-26-17)8-7-22-9-12-25-13-10-22/h3-6,11,14H,2,7-10,12-13H2,1H3/p+1. The van der Waals surface area contributed by atoms with E-state index in [0.29, 0.717) is 12.3 Å². The van der Waals surface area contributed by atoms with Gasteiger partial charge in [0.15, 0.2) is 10.9 Å². The normalized spacial score (nSPS) is 15.3. The van der Waals surface area contributed by atoms with Gasteiger partial charge in [0, 0.05) is 0 Å².